The quantitative estimate of drug-likeness (QED) is 0.693. The number of nitrogens with zero attached hydrogens (tertiary/aromatic N) is 2. The molecule has 1 fully saturated rings. The number of ether oxygens (including phenoxy) is 2. The van der Waals surface area contributed by atoms with Crippen LogP contribution in [0.15, 0.2) is 48.5 Å². The molecule has 0 aromatic heterocycles. The van der Waals surface area contributed by atoms with Crippen LogP contribution in [0.1, 0.15) is 15.9 Å². The predicted octanol–water partition coefficient (Wildman–Crippen LogP) is 3.22. The number of anilines is 1. The molecule has 1 heterocycles. The zero-order valence-corrected chi connectivity index (χ0v) is 16.3. The number of hydrogen-bond acceptors (Lipinski definition) is 5. The number of alkyl halides is 3. The molecule has 0 radical (unpaired) electrons. The highest BCUT2D eigenvalue weighted by molar-refractivity contribution is 5.91. The van der Waals surface area contributed by atoms with Gasteiger partial charge in [0.05, 0.1) is 18.2 Å². The van der Waals surface area contributed by atoms with Crippen LogP contribution in [-0.4, -0.2) is 56.7 Å². The Kier molecular flexibility index (Phi) is 6.49. The van der Waals surface area contributed by atoms with Crippen LogP contribution in [0, 0.1) is 0 Å². The molecule has 0 N–H and O–H groups in total. The highest BCUT2D eigenvalue weighted by atomic mass is 19.4. The summed E-state index contributed by atoms with van der Waals surface area (Å²) in [5.41, 5.74) is 0.126. The number of amides is 1. The highest BCUT2D eigenvalue weighted by Crippen LogP contribution is 2.29. The molecule has 30 heavy (non-hydrogen) atoms. The molecule has 0 bridgehead atoms. The summed E-state index contributed by atoms with van der Waals surface area (Å²) in [6, 6.07) is 11.3. The fourth-order valence-electron chi connectivity index (χ4n) is 3.10. The molecule has 2 aromatic rings. The third kappa shape index (κ3) is 5.22. The first-order chi connectivity index (χ1) is 14.3. The normalized spacial score (nSPS) is 14.4. The fourth-order valence-corrected chi connectivity index (χ4v) is 3.10. The molecule has 9 heteroatoms. The van der Waals surface area contributed by atoms with Crippen LogP contribution in [-0.2, 0) is 15.7 Å². The minimum atomic E-state index is -4.48. The Morgan fingerprint density at radius 1 is 0.933 bits per heavy atom. The maximum atomic E-state index is 12.6. The van der Waals surface area contributed by atoms with Crippen molar-refractivity contribution < 1.29 is 32.2 Å². The molecule has 2 aromatic carbocycles. The SMILES string of the molecule is COc1ccc(N2CCN(C(=O)COC(=O)c3ccc(C(F)(F)F)cc3)CC2)cc1. The molecule has 0 spiro atoms. The number of carbonyl (C=O) groups is 2. The summed E-state index contributed by atoms with van der Waals surface area (Å²) in [5, 5.41) is 0. The van der Waals surface area contributed by atoms with Gasteiger partial charge >= 0.3 is 12.1 Å². The van der Waals surface area contributed by atoms with Crippen molar-refractivity contribution in [1.29, 1.82) is 0 Å². The Balaban J connectivity index is 1.47. The van der Waals surface area contributed by atoms with Gasteiger partial charge in [-0.3, -0.25) is 4.79 Å². The molecule has 0 unspecified atom stereocenters. The summed E-state index contributed by atoms with van der Waals surface area (Å²) in [6.45, 7) is 1.75. The molecule has 1 aliphatic heterocycles. The van der Waals surface area contributed by atoms with Crippen LogP contribution in [0.2, 0.25) is 0 Å². The summed E-state index contributed by atoms with van der Waals surface area (Å²) in [7, 11) is 1.60. The second-order valence-electron chi connectivity index (χ2n) is 6.72. The number of rotatable bonds is 5. The molecular weight excluding hydrogens is 401 g/mol. The van der Waals surface area contributed by atoms with E-state index in [1.165, 1.54) is 0 Å². The summed E-state index contributed by atoms with van der Waals surface area (Å²) >= 11 is 0. The standard InChI is InChI=1S/C21H21F3N2O4/c1-29-18-8-6-17(7-9-18)25-10-12-26(13-11-25)19(27)14-30-20(28)15-2-4-16(5-3-15)21(22,23)24/h2-9H,10-14H2,1H3. The first-order valence-electron chi connectivity index (χ1n) is 9.29. The van der Waals surface area contributed by atoms with E-state index in [2.05, 4.69) is 4.90 Å². The van der Waals surface area contributed by atoms with E-state index in [0.717, 1.165) is 35.7 Å². The van der Waals surface area contributed by atoms with Gasteiger partial charge in [-0.1, -0.05) is 0 Å². The van der Waals surface area contributed by atoms with Crippen LogP contribution < -0.4 is 9.64 Å². The lowest BCUT2D eigenvalue weighted by atomic mass is 10.1. The molecule has 0 aliphatic carbocycles. The molecule has 1 saturated heterocycles. The van der Waals surface area contributed by atoms with E-state index in [1.807, 2.05) is 24.3 Å². The van der Waals surface area contributed by atoms with Gasteiger partial charge in [-0.2, -0.15) is 13.2 Å². The fraction of sp³-hybridized carbons (Fsp3) is 0.333. The summed E-state index contributed by atoms with van der Waals surface area (Å²) in [5.74, 6) is -0.416. The monoisotopic (exact) mass is 422 g/mol. The number of halogens is 3. The zero-order chi connectivity index (χ0) is 21.7. The van der Waals surface area contributed by atoms with Gasteiger partial charge < -0.3 is 19.3 Å². The van der Waals surface area contributed by atoms with Crippen molar-refractivity contribution in [2.24, 2.45) is 0 Å². The van der Waals surface area contributed by atoms with Gasteiger partial charge in [-0.15, -0.1) is 0 Å². The Morgan fingerprint density at radius 2 is 1.53 bits per heavy atom. The van der Waals surface area contributed by atoms with Gasteiger partial charge in [-0.05, 0) is 48.5 Å². The molecule has 1 amide bonds. The predicted molar refractivity (Wildman–Crippen MR) is 104 cm³/mol. The first-order valence-corrected chi connectivity index (χ1v) is 9.29. The number of benzene rings is 2. The van der Waals surface area contributed by atoms with E-state index in [9.17, 15) is 22.8 Å². The number of hydrogen-bond donors (Lipinski definition) is 0. The Morgan fingerprint density at radius 3 is 2.07 bits per heavy atom. The lowest BCUT2D eigenvalue weighted by Crippen LogP contribution is -2.49. The zero-order valence-electron chi connectivity index (χ0n) is 16.3. The smallest absolute Gasteiger partial charge is 0.416 e. The maximum absolute atomic E-state index is 12.6. The van der Waals surface area contributed by atoms with Crippen molar-refractivity contribution >= 4 is 17.6 Å². The van der Waals surface area contributed by atoms with Crippen LogP contribution >= 0.6 is 0 Å². The molecule has 160 valence electrons. The van der Waals surface area contributed by atoms with E-state index in [4.69, 9.17) is 9.47 Å². The second kappa shape index (κ2) is 9.06. The molecular formula is C21H21F3N2O4. The van der Waals surface area contributed by atoms with Crippen LogP contribution in [0.5, 0.6) is 5.75 Å². The van der Waals surface area contributed by atoms with E-state index in [-0.39, 0.29) is 11.5 Å². The Hall–Kier alpha value is -3.23. The summed E-state index contributed by atoms with van der Waals surface area (Å²) in [4.78, 5) is 28.0. The van der Waals surface area contributed by atoms with Crippen molar-refractivity contribution in [2.45, 2.75) is 6.18 Å². The molecule has 1 aliphatic rings. The average Bonchev–Trinajstić information content (AvgIpc) is 2.77. The van der Waals surface area contributed by atoms with Crippen molar-refractivity contribution in [3.63, 3.8) is 0 Å². The molecule has 0 atom stereocenters. The van der Waals surface area contributed by atoms with Gasteiger partial charge in [0, 0.05) is 31.9 Å². The largest absolute Gasteiger partial charge is 0.497 e. The number of carbonyl (C=O) groups excluding carboxylic acids is 2. The van der Waals surface area contributed by atoms with E-state index < -0.39 is 24.3 Å². The van der Waals surface area contributed by atoms with Gasteiger partial charge in [0.1, 0.15) is 5.75 Å². The average molecular weight is 422 g/mol. The molecule has 3 rings (SSSR count). The van der Waals surface area contributed by atoms with Crippen LogP contribution in [0.25, 0.3) is 0 Å². The van der Waals surface area contributed by atoms with Crippen LogP contribution in [0.4, 0.5) is 18.9 Å². The maximum Gasteiger partial charge on any atom is 0.416 e. The summed E-state index contributed by atoms with van der Waals surface area (Å²) in [6.07, 6.45) is -4.48. The lowest BCUT2D eigenvalue weighted by molar-refractivity contribution is -0.137. The minimum absolute atomic E-state index is 0.0416. The summed E-state index contributed by atoms with van der Waals surface area (Å²) < 4.78 is 47.8. The topological polar surface area (TPSA) is 59.1 Å². The van der Waals surface area contributed by atoms with Gasteiger partial charge in [-0.25, -0.2) is 4.79 Å². The van der Waals surface area contributed by atoms with Gasteiger partial charge in [0.2, 0.25) is 0 Å². The number of methoxy groups -OCH3 is 1. The Bertz CT molecular complexity index is 875. The van der Waals surface area contributed by atoms with Crippen molar-refractivity contribution in [2.75, 3.05) is 44.8 Å². The molecule has 0 saturated carbocycles. The lowest BCUT2D eigenvalue weighted by Gasteiger charge is -2.36. The van der Waals surface area contributed by atoms with E-state index in [0.29, 0.717) is 26.2 Å². The first kappa shape index (κ1) is 21.5. The van der Waals surface area contributed by atoms with Crippen molar-refractivity contribution in [3.8, 4) is 5.75 Å². The van der Waals surface area contributed by atoms with Crippen molar-refractivity contribution in [1.82, 2.24) is 4.90 Å². The number of esters is 1. The van der Waals surface area contributed by atoms with Gasteiger partial charge in [0.25, 0.3) is 5.91 Å². The van der Waals surface area contributed by atoms with E-state index in [1.54, 1.807) is 12.0 Å². The third-order valence-corrected chi connectivity index (χ3v) is 4.84. The second-order valence-corrected chi connectivity index (χ2v) is 6.72. The highest BCUT2D eigenvalue weighted by Gasteiger charge is 2.30. The third-order valence-electron chi connectivity index (χ3n) is 4.84. The van der Waals surface area contributed by atoms with Crippen molar-refractivity contribution in [3.05, 3.63) is 59.7 Å². The van der Waals surface area contributed by atoms with Crippen LogP contribution in [0.3, 0.4) is 0 Å². The van der Waals surface area contributed by atoms with E-state index >= 15 is 0 Å². The number of piperazine rings is 1. The Labute approximate surface area is 171 Å². The minimum Gasteiger partial charge on any atom is -0.497 e. The van der Waals surface area contributed by atoms with Gasteiger partial charge in [0.15, 0.2) is 6.61 Å². The molecule has 6 nitrogen and oxygen atoms in total.